The van der Waals surface area contributed by atoms with E-state index in [-0.39, 0.29) is 11.8 Å². The average Bonchev–Trinajstić information content (AvgIpc) is 2.83. The second-order valence-corrected chi connectivity index (χ2v) is 5.28. The van der Waals surface area contributed by atoms with Crippen LogP contribution in [0.1, 0.15) is 10.4 Å². The largest absolute Gasteiger partial charge is 0.457 e. The second-order valence-electron chi connectivity index (χ2n) is 4.56. The Bertz CT molecular complexity index is 486. The minimum atomic E-state index is -0.474. The average molecular weight is 330 g/mol. The molecule has 2 rings (SSSR count). The van der Waals surface area contributed by atoms with Gasteiger partial charge in [-0.05, 0) is 22.0 Å². The lowest BCUT2D eigenvalue weighted by Crippen LogP contribution is -2.59. The van der Waals surface area contributed by atoms with E-state index in [1.54, 1.807) is 25.1 Å². The number of halogens is 1. The molecule has 0 aliphatic carbocycles. The normalized spacial score (nSPS) is 19.3. The van der Waals surface area contributed by atoms with Crippen LogP contribution in [0.4, 0.5) is 0 Å². The van der Waals surface area contributed by atoms with Crippen molar-refractivity contribution in [3.8, 4) is 0 Å². The van der Waals surface area contributed by atoms with Crippen LogP contribution in [0.5, 0.6) is 0 Å². The van der Waals surface area contributed by atoms with Gasteiger partial charge >= 0.3 is 0 Å². The molecule has 2 heterocycles. The van der Waals surface area contributed by atoms with Crippen LogP contribution >= 0.6 is 15.9 Å². The molecule has 0 radical (unpaired) electrons. The van der Waals surface area contributed by atoms with Crippen LogP contribution in [0.25, 0.3) is 0 Å². The summed E-state index contributed by atoms with van der Waals surface area (Å²) >= 11 is 3.19. The molecule has 0 bridgehead atoms. The zero-order valence-corrected chi connectivity index (χ0v) is 12.4. The van der Waals surface area contributed by atoms with Crippen LogP contribution in [0.15, 0.2) is 21.4 Å². The third-order valence-electron chi connectivity index (χ3n) is 3.08. The van der Waals surface area contributed by atoms with E-state index in [1.165, 1.54) is 11.2 Å². The standard InChI is InChI=1S/C12H16BrN3O3/c1-15(2)12(18)9-7-14-4-5-16(9)11(17)8-3-6-19-10(8)13/h3,6,9,14H,4-5,7H2,1-2H3. The molecule has 1 aliphatic rings. The van der Waals surface area contributed by atoms with Gasteiger partial charge in [0.2, 0.25) is 5.91 Å². The number of amides is 2. The summed E-state index contributed by atoms with van der Waals surface area (Å²) < 4.78 is 5.47. The van der Waals surface area contributed by atoms with Gasteiger partial charge in [0.25, 0.3) is 5.91 Å². The Morgan fingerprint density at radius 3 is 2.84 bits per heavy atom. The fourth-order valence-electron chi connectivity index (χ4n) is 2.07. The molecular weight excluding hydrogens is 314 g/mol. The third-order valence-corrected chi connectivity index (χ3v) is 3.69. The van der Waals surface area contributed by atoms with Crippen LogP contribution in [-0.2, 0) is 4.79 Å². The maximum Gasteiger partial charge on any atom is 0.259 e. The molecule has 1 unspecified atom stereocenters. The van der Waals surface area contributed by atoms with E-state index >= 15 is 0 Å². The molecule has 0 spiro atoms. The van der Waals surface area contributed by atoms with Crippen molar-refractivity contribution in [2.45, 2.75) is 6.04 Å². The number of hydrogen-bond donors (Lipinski definition) is 1. The Labute approximate surface area is 119 Å². The Morgan fingerprint density at radius 1 is 1.53 bits per heavy atom. The lowest BCUT2D eigenvalue weighted by molar-refractivity contribution is -0.134. The van der Waals surface area contributed by atoms with Gasteiger partial charge < -0.3 is 19.5 Å². The lowest BCUT2D eigenvalue weighted by atomic mass is 10.1. The van der Waals surface area contributed by atoms with Crippen LogP contribution in [0, 0.1) is 0 Å². The van der Waals surface area contributed by atoms with Gasteiger partial charge in [-0.15, -0.1) is 0 Å². The topological polar surface area (TPSA) is 65.8 Å². The first-order valence-corrected chi connectivity index (χ1v) is 6.77. The number of nitrogens with one attached hydrogen (secondary N) is 1. The van der Waals surface area contributed by atoms with Gasteiger partial charge in [0, 0.05) is 33.7 Å². The van der Waals surface area contributed by atoms with Gasteiger partial charge in [0.15, 0.2) is 4.67 Å². The highest BCUT2D eigenvalue weighted by molar-refractivity contribution is 9.10. The molecule has 1 atom stereocenters. The molecule has 1 fully saturated rings. The molecule has 19 heavy (non-hydrogen) atoms. The fourth-order valence-corrected chi connectivity index (χ4v) is 2.48. The van der Waals surface area contributed by atoms with E-state index in [4.69, 9.17) is 4.42 Å². The van der Waals surface area contributed by atoms with Crippen LogP contribution in [0.3, 0.4) is 0 Å². The molecule has 1 aromatic heterocycles. The summed E-state index contributed by atoms with van der Waals surface area (Å²) in [5, 5.41) is 3.14. The maximum absolute atomic E-state index is 12.5. The molecule has 104 valence electrons. The Morgan fingerprint density at radius 2 is 2.26 bits per heavy atom. The van der Waals surface area contributed by atoms with Gasteiger partial charge in [-0.1, -0.05) is 0 Å². The van der Waals surface area contributed by atoms with Gasteiger partial charge in [-0.2, -0.15) is 0 Å². The molecule has 1 N–H and O–H groups in total. The maximum atomic E-state index is 12.5. The first kappa shape index (κ1) is 14.1. The fraction of sp³-hybridized carbons (Fsp3) is 0.500. The zero-order valence-electron chi connectivity index (χ0n) is 10.9. The molecule has 1 aromatic rings. The SMILES string of the molecule is CN(C)C(=O)C1CNCCN1C(=O)c1ccoc1Br. The van der Waals surface area contributed by atoms with E-state index in [0.717, 1.165) is 0 Å². The van der Waals surface area contributed by atoms with E-state index in [2.05, 4.69) is 21.2 Å². The number of nitrogens with zero attached hydrogens (tertiary/aromatic N) is 2. The van der Waals surface area contributed by atoms with Crippen molar-refractivity contribution in [1.29, 1.82) is 0 Å². The minimum absolute atomic E-state index is 0.0832. The minimum Gasteiger partial charge on any atom is -0.457 e. The quantitative estimate of drug-likeness (QED) is 0.860. The first-order chi connectivity index (χ1) is 9.02. The number of likely N-dealkylation sites (N-methyl/N-ethyl adjacent to an activating group) is 1. The Balaban J connectivity index is 2.23. The molecule has 1 aliphatic heterocycles. The number of piperazine rings is 1. The Kier molecular flexibility index (Phi) is 4.26. The van der Waals surface area contributed by atoms with Crippen molar-refractivity contribution in [2.75, 3.05) is 33.7 Å². The van der Waals surface area contributed by atoms with Crippen molar-refractivity contribution >= 4 is 27.7 Å². The third kappa shape index (κ3) is 2.82. The van der Waals surface area contributed by atoms with Crippen LogP contribution in [0.2, 0.25) is 0 Å². The molecule has 1 saturated heterocycles. The van der Waals surface area contributed by atoms with Crippen molar-refractivity contribution in [1.82, 2.24) is 15.1 Å². The van der Waals surface area contributed by atoms with Gasteiger partial charge in [-0.25, -0.2) is 0 Å². The first-order valence-electron chi connectivity index (χ1n) is 5.98. The summed E-state index contributed by atoms with van der Waals surface area (Å²) in [6.45, 7) is 1.65. The monoisotopic (exact) mass is 329 g/mol. The zero-order chi connectivity index (χ0) is 14.0. The smallest absolute Gasteiger partial charge is 0.259 e. The van der Waals surface area contributed by atoms with Crippen molar-refractivity contribution in [3.63, 3.8) is 0 Å². The summed E-state index contributed by atoms with van der Waals surface area (Å²) in [7, 11) is 3.38. The van der Waals surface area contributed by atoms with Gasteiger partial charge in [-0.3, -0.25) is 9.59 Å². The molecule has 0 saturated carbocycles. The number of carbonyl (C=O) groups is 2. The summed E-state index contributed by atoms with van der Waals surface area (Å²) in [6, 6.07) is 1.13. The van der Waals surface area contributed by atoms with Gasteiger partial charge in [0.05, 0.1) is 11.8 Å². The van der Waals surface area contributed by atoms with Gasteiger partial charge in [0.1, 0.15) is 6.04 Å². The van der Waals surface area contributed by atoms with E-state index in [0.29, 0.717) is 29.9 Å². The van der Waals surface area contributed by atoms with Crippen molar-refractivity contribution in [3.05, 3.63) is 22.6 Å². The highest BCUT2D eigenvalue weighted by Crippen LogP contribution is 2.21. The molecule has 0 aromatic carbocycles. The predicted octanol–water partition coefficient (Wildman–Crippen LogP) is 0.544. The van der Waals surface area contributed by atoms with E-state index in [1.807, 2.05) is 0 Å². The molecule has 6 nitrogen and oxygen atoms in total. The van der Waals surface area contributed by atoms with Crippen LogP contribution in [-0.4, -0.2) is 61.4 Å². The number of carbonyl (C=O) groups excluding carboxylic acids is 2. The van der Waals surface area contributed by atoms with E-state index < -0.39 is 6.04 Å². The van der Waals surface area contributed by atoms with Crippen molar-refractivity contribution < 1.29 is 14.0 Å². The molecule has 7 heteroatoms. The lowest BCUT2D eigenvalue weighted by Gasteiger charge is -2.36. The predicted molar refractivity (Wildman–Crippen MR) is 72.8 cm³/mol. The summed E-state index contributed by atoms with van der Waals surface area (Å²) in [6.07, 6.45) is 1.45. The second kappa shape index (κ2) is 5.75. The number of hydrogen-bond acceptors (Lipinski definition) is 4. The summed E-state index contributed by atoms with van der Waals surface area (Å²) in [5.41, 5.74) is 0.443. The highest BCUT2D eigenvalue weighted by Gasteiger charge is 2.34. The molecule has 2 amide bonds. The Hall–Kier alpha value is -1.34. The molecular formula is C12H16BrN3O3. The van der Waals surface area contributed by atoms with E-state index in [9.17, 15) is 9.59 Å². The van der Waals surface area contributed by atoms with Crippen molar-refractivity contribution in [2.24, 2.45) is 0 Å². The van der Waals surface area contributed by atoms with Crippen LogP contribution < -0.4 is 5.32 Å². The summed E-state index contributed by atoms with van der Waals surface area (Å²) in [4.78, 5) is 27.7. The highest BCUT2D eigenvalue weighted by atomic mass is 79.9. The number of furan rings is 1. The number of rotatable bonds is 2. The summed E-state index contributed by atoms with van der Waals surface area (Å²) in [5.74, 6) is -0.275.